The molecule has 2 atom stereocenters. The molecule has 0 bridgehead atoms. The first kappa shape index (κ1) is 19.3. The van der Waals surface area contributed by atoms with Crippen molar-refractivity contribution in [2.45, 2.75) is 12.1 Å². The molecular weight excluding hydrogens is 398 g/mol. The Balaban J connectivity index is 1.85. The molecule has 152 valence electrons. The molecule has 1 fully saturated rings. The van der Waals surface area contributed by atoms with Crippen LogP contribution in [0.1, 0.15) is 0 Å². The molecule has 0 amide bonds. The normalized spacial score (nSPS) is 19.0. The minimum Gasteiger partial charge on any atom is -0.449 e. The number of aromatic nitrogens is 3. The van der Waals surface area contributed by atoms with E-state index in [9.17, 15) is 9.59 Å². The van der Waals surface area contributed by atoms with Gasteiger partial charge in [-0.3, -0.25) is 9.36 Å². The number of thiazole rings is 1. The predicted octanol–water partition coefficient (Wildman–Crippen LogP) is 1.32. The van der Waals surface area contributed by atoms with E-state index in [0.29, 0.717) is 29.7 Å². The number of pyridine rings is 2. The molecule has 10 nitrogen and oxygen atoms in total. The van der Waals surface area contributed by atoms with Crippen molar-refractivity contribution in [3.63, 3.8) is 0 Å². The zero-order valence-corrected chi connectivity index (χ0v) is 16.5. The number of nitrogens with zero attached hydrogens (tertiary/aromatic N) is 4. The number of fused-ring (bicyclic) bond motifs is 1. The molecule has 0 spiro atoms. The van der Waals surface area contributed by atoms with Gasteiger partial charge in [0.05, 0.1) is 23.7 Å². The molecule has 0 aromatic carbocycles. The summed E-state index contributed by atoms with van der Waals surface area (Å²) in [4.78, 5) is 34.7. The summed E-state index contributed by atoms with van der Waals surface area (Å²) in [6, 6.07) is 3.53. The van der Waals surface area contributed by atoms with E-state index < -0.39 is 11.6 Å². The SMILES string of the molecule is CN[C@H]1CN(c2ccc3c(=O)c(OC(=O)O)cn(-c4nccs4)c3n2)C[C@@H]1OC. The van der Waals surface area contributed by atoms with E-state index in [1.165, 1.54) is 17.5 Å². The van der Waals surface area contributed by atoms with Crippen LogP contribution in [0.15, 0.2) is 34.7 Å². The van der Waals surface area contributed by atoms with E-state index in [0.717, 1.165) is 0 Å². The minimum atomic E-state index is -1.56. The topological polar surface area (TPSA) is 119 Å². The van der Waals surface area contributed by atoms with Crippen molar-refractivity contribution in [1.29, 1.82) is 0 Å². The van der Waals surface area contributed by atoms with E-state index >= 15 is 0 Å². The second-order valence-electron chi connectivity index (χ2n) is 6.49. The Kier molecular flexibility index (Phi) is 5.18. The minimum absolute atomic E-state index is 0.0185. The Morgan fingerprint density at radius 2 is 2.21 bits per heavy atom. The fourth-order valence-corrected chi connectivity index (χ4v) is 4.09. The maximum absolute atomic E-state index is 12.7. The van der Waals surface area contributed by atoms with Crippen molar-refractivity contribution in [2.24, 2.45) is 0 Å². The van der Waals surface area contributed by atoms with Crippen molar-refractivity contribution in [1.82, 2.24) is 19.9 Å². The lowest BCUT2D eigenvalue weighted by Crippen LogP contribution is -2.37. The van der Waals surface area contributed by atoms with Crippen LogP contribution >= 0.6 is 11.3 Å². The van der Waals surface area contributed by atoms with Crippen molar-refractivity contribution < 1.29 is 19.4 Å². The molecule has 3 aromatic rings. The first-order valence-electron chi connectivity index (χ1n) is 8.84. The fourth-order valence-electron chi connectivity index (χ4n) is 3.47. The van der Waals surface area contributed by atoms with Crippen LogP contribution in [0.5, 0.6) is 5.75 Å². The molecule has 29 heavy (non-hydrogen) atoms. The van der Waals surface area contributed by atoms with E-state index in [-0.39, 0.29) is 23.3 Å². The molecule has 0 aliphatic carbocycles. The Hall–Kier alpha value is -3.02. The molecule has 0 saturated carbocycles. The highest BCUT2D eigenvalue weighted by molar-refractivity contribution is 7.12. The number of likely N-dealkylation sites (N-methyl/N-ethyl adjacent to an activating group) is 1. The van der Waals surface area contributed by atoms with Crippen LogP contribution in [0, 0.1) is 0 Å². The van der Waals surface area contributed by atoms with E-state index in [2.05, 4.69) is 19.9 Å². The number of methoxy groups -OCH3 is 1. The standard InChI is InChI=1S/C18H19N5O5S/c1-19-11-7-22(8-12(11)27-2)14-4-3-10-15(24)13(28-18(25)26)9-23(16(10)21-14)17-20-5-6-29-17/h3-6,9,11-12,19H,7-8H2,1-2H3,(H,25,26)/t11-,12-/m0/s1. The van der Waals surface area contributed by atoms with E-state index in [4.69, 9.17) is 14.8 Å². The zero-order chi connectivity index (χ0) is 20.5. The van der Waals surface area contributed by atoms with Crippen LogP contribution in [0.3, 0.4) is 0 Å². The van der Waals surface area contributed by atoms with E-state index in [1.54, 1.807) is 35.4 Å². The van der Waals surface area contributed by atoms with Crippen LogP contribution in [0.4, 0.5) is 10.6 Å². The molecule has 11 heteroatoms. The number of carboxylic acid groups (broad SMARTS) is 1. The molecule has 1 aliphatic heterocycles. The quantitative estimate of drug-likeness (QED) is 0.592. The third-order valence-electron chi connectivity index (χ3n) is 4.89. The van der Waals surface area contributed by atoms with Crippen molar-refractivity contribution >= 4 is 34.3 Å². The molecule has 1 aliphatic rings. The lowest BCUT2D eigenvalue weighted by molar-refractivity contribution is 0.0996. The maximum atomic E-state index is 12.7. The zero-order valence-electron chi connectivity index (χ0n) is 15.7. The lowest BCUT2D eigenvalue weighted by Gasteiger charge is -2.18. The number of hydrogen-bond donors (Lipinski definition) is 2. The van der Waals surface area contributed by atoms with Gasteiger partial charge < -0.3 is 24.8 Å². The van der Waals surface area contributed by atoms with Gasteiger partial charge in [0.2, 0.25) is 5.43 Å². The number of rotatable bonds is 5. The summed E-state index contributed by atoms with van der Waals surface area (Å²) < 4.78 is 11.8. The number of carbonyl (C=O) groups is 1. The average Bonchev–Trinajstić information content (AvgIpc) is 3.39. The summed E-state index contributed by atoms with van der Waals surface area (Å²) in [6.07, 6.45) is 1.39. The maximum Gasteiger partial charge on any atom is 0.511 e. The van der Waals surface area contributed by atoms with Gasteiger partial charge in [0.25, 0.3) is 0 Å². The molecule has 0 unspecified atom stereocenters. The molecule has 3 aromatic heterocycles. The number of nitrogens with one attached hydrogen (secondary N) is 1. The third kappa shape index (κ3) is 3.55. The fraction of sp³-hybridized carbons (Fsp3) is 0.333. The van der Waals surface area contributed by atoms with Crippen LogP contribution in [0.25, 0.3) is 16.2 Å². The van der Waals surface area contributed by atoms with Crippen LogP contribution in [0.2, 0.25) is 0 Å². The van der Waals surface area contributed by atoms with Crippen molar-refractivity contribution in [3.05, 3.63) is 40.1 Å². The second-order valence-corrected chi connectivity index (χ2v) is 7.36. The predicted molar refractivity (Wildman–Crippen MR) is 108 cm³/mol. The molecule has 0 radical (unpaired) electrons. The number of anilines is 1. The Labute approximate surface area is 169 Å². The molecule has 2 N–H and O–H groups in total. The monoisotopic (exact) mass is 417 g/mol. The van der Waals surface area contributed by atoms with Gasteiger partial charge in [-0.2, -0.15) is 0 Å². The highest BCUT2D eigenvalue weighted by Gasteiger charge is 2.32. The summed E-state index contributed by atoms with van der Waals surface area (Å²) in [5.41, 5.74) is -0.166. The van der Waals surface area contributed by atoms with Gasteiger partial charge in [-0.05, 0) is 19.2 Å². The Morgan fingerprint density at radius 3 is 2.83 bits per heavy atom. The molecule has 4 heterocycles. The first-order valence-corrected chi connectivity index (χ1v) is 9.72. The molecular formula is C18H19N5O5S. The smallest absolute Gasteiger partial charge is 0.449 e. The van der Waals surface area contributed by atoms with Crippen LogP contribution < -0.4 is 20.4 Å². The summed E-state index contributed by atoms with van der Waals surface area (Å²) in [5.74, 6) is 0.388. The molecule has 1 saturated heterocycles. The van der Waals surface area contributed by atoms with Gasteiger partial charge >= 0.3 is 6.16 Å². The summed E-state index contributed by atoms with van der Waals surface area (Å²) in [5, 5.41) is 14.8. The van der Waals surface area contributed by atoms with Crippen LogP contribution in [-0.2, 0) is 4.74 Å². The Morgan fingerprint density at radius 1 is 1.38 bits per heavy atom. The van der Waals surface area contributed by atoms with E-state index in [1.807, 2.05) is 7.05 Å². The van der Waals surface area contributed by atoms with Gasteiger partial charge in [-0.1, -0.05) is 0 Å². The number of ether oxygens (including phenoxy) is 2. The van der Waals surface area contributed by atoms with Crippen molar-refractivity contribution in [3.8, 4) is 10.9 Å². The van der Waals surface area contributed by atoms with Crippen LogP contribution in [-0.4, -0.2) is 65.2 Å². The Bertz CT molecular complexity index is 1090. The van der Waals surface area contributed by atoms with Gasteiger partial charge in [-0.25, -0.2) is 14.8 Å². The van der Waals surface area contributed by atoms with Crippen molar-refractivity contribution in [2.75, 3.05) is 32.1 Å². The summed E-state index contributed by atoms with van der Waals surface area (Å²) >= 11 is 1.33. The largest absolute Gasteiger partial charge is 0.511 e. The summed E-state index contributed by atoms with van der Waals surface area (Å²) in [6.45, 7) is 1.36. The first-order chi connectivity index (χ1) is 14.0. The lowest BCUT2D eigenvalue weighted by atomic mass is 10.2. The van der Waals surface area contributed by atoms with Gasteiger partial charge in [0, 0.05) is 31.8 Å². The average molecular weight is 417 g/mol. The van der Waals surface area contributed by atoms with Gasteiger partial charge in [-0.15, -0.1) is 11.3 Å². The van der Waals surface area contributed by atoms with Gasteiger partial charge in [0.1, 0.15) is 5.82 Å². The second kappa shape index (κ2) is 7.78. The summed E-state index contributed by atoms with van der Waals surface area (Å²) in [7, 11) is 3.56. The highest BCUT2D eigenvalue weighted by atomic mass is 32.1. The van der Waals surface area contributed by atoms with Gasteiger partial charge in [0.15, 0.2) is 16.5 Å². The highest BCUT2D eigenvalue weighted by Crippen LogP contribution is 2.25. The molecule has 4 rings (SSSR count). The third-order valence-corrected chi connectivity index (χ3v) is 5.66. The number of hydrogen-bond acceptors (Lipinski definition) is 9.